The van der Waals surface area contributed by atoms with Crippen LogP contribution in [0.2, 0.25) is 0 Å². The van der Waals surface area contributed by atoms with E-state index in [1.54, 1.807) is 17.8 Å². The van der Waals surface area contributed by atoms with Gasteiger partial charge in [-0.1, -0.05) is 42.5 Å². The third-order valence-corrected chi connectivity index (χ3v) is 5.05. The Morgan fingerprint density at radius 2 is 1.81 bits per heavy atom. The number of carbonyl (C=O) groups is 1. The third-order valence-electron chi connectivity index (χ3n) is 3.74. The van der Waals surface area contributed by atoms with Crippen molar-refractivity contribution in [1.29, 1.82) is 0 Å². The molecule has 2 nitrogen and oxygen atoms in total. The fourth-order valence-corrected chi connectivity index (χ4v) is 3.97. The second kappa shape index (κ2) is 5.41. The molecule has 0 fully saturated rings. The van der Waals surface area contributed by atoms with Crippen LogP contribution in [0, 0.1) is 0 Å². The van der Waals surface area contributed by atoms with E-state index in [1.165, 1.54) is 0 Å². The molecule has 3 heteroatoms. The van der Waals surface area contributed by atoms with Crippen molar-refractivity contribution < 1.29 is 4.79 Å². The van der Waals surface area contributed by atoms with E-state index in [9.17, 15) is 4.79 Å². The van der Waals surface area contributed by atoms with Crippen LogP contribution >= 0.6 is 11.8 Å². The molecule has 0 aromatic heterocycles. The number of hydrogen-bond acceptors (Lipinski definition) is 2. The maximum atomic E-state index is 12.9. The normalized spacial score (nSPS) is 20.4. The van der Waals surface area contributed by atoms with Crippen LogP contribution < -0.4 is 4.90 Å². The molecule has 0 radical (unpaired) electrons. The summed E-state index contributed by atoms with van der Waals surface area (Å²) in [5.41, 5.74) is 2.07. The van der Waals surface area contributed by atoms with E-state index in [4.69, 9.17) is 0 Å². The number of thioether (sulfide) groups is 1. The number of anilines is 1. The minimum Gasteiger partial charge on any atom is -0.307 e. The first kappa shape index (κ1) is 14.0. The lowest BCUT2D eigenvalue weighted by molar-refractivity contribution is -0.119. The zero-order valence-electron chi connectivity index (χ0n) is 12.0. The Bertz CT molecular complexity index is 683. The predicted octanol–water partition coefficient (Wildman–Crippen LogP) is 4.23. The molecule has 0 bridgehead atoms. The molecule has 1 unspecified atom stereocenters. The summed E-state index contributed by atoms with van der Waals surface area (Å²) in [6.07, 6.45) is 1.77. The molecule has 0 saturated carbocycles. The van der Waals surface area contributed by atoms with E-state index in [0.717, 1.165) is 16.1 Å². The highest BCUT2D eigenvalue weighted by Crippen LogP contribution is 2.50. The first-order valence-corrected chi connectivity index (χ1v) is 7.75. The maximum absolute atomic E-state index is 12.9. The highest BCUT2D eigenvalue weighted by Gasteiger charge is 2.47. The van der Waals surface area contributed by atoms with E-state index < -0.39 is 4.75 Å². The van der Waals surface area contributed by atoms with Crippen molar-refractivity contribution in [2.24, 2.45) is 0 Å². The van der Waals surface area contributed by atoms with Crippen molar-refractivity contribution in [2.45, 2.75) is 16.6 Å². The van der Waals surface area contributed by atoms with Crippen molar-refractivity contribution in [3.63, 3.8) is 0 Å². The number of benzene rings is 2. The lowest BCUT2D eigenvalue weighted by atomic mass is 10.0. The van der Waals surface area contributed by atoms with E-state index >= 15 is 0 Å². The Morgan fingerprint density at radius 1 is 1.14 bits per heavy atom. The molecule has 3 rings (SSSR count). The highest BCUT2D eigenvalue weighted by atomic mass is 32.2. The van der Waals surface area contributed by atoms with Gasteiger partial charge in [0, 0.05) is 22.7 Å². The van der Waals surface area contributed by atoms with Crippen molar-refractivity contribution in [3.8, 4) is 0 Å². The lowest BCUT2D eigenvalue weighted by Gasteiger charge is -2.23. The molecule has 0 N–H and O–H groups in total. The molecule has 1 aliphatic heterocycles. The fourth-order valence-electron chi connectivity index (χ4n) is 2.73. The van der Waals surface area contributed by atoms with Gasteiger partial charge in [-0.25, -0.2) is 0 Å². The fraction of sp³-hybridized carbons (Fsp3) is 0.167. The van der Waals surface area contributed by atoms with Gasteiger partial charge in [-0.05, 0) is 25.1 Å². The number of amides is 1. The SMILES string of the molecule is C=CCN1C(=O)C(C)(Sc2ccccc2)c2ccccc21. The zero-order valence-corrected chi connectivity index (χ0v) is 12.8. The smallest absolute Gasteiger partial charge is 0.248 e. The summed E-state index contributed by atoms with van der Waals surface area (Å²) in [4.78, 5) is 15.9. The van der Waals surface area contributed by atoms with E-state index in [0.29, 0.717) is 6.54 Å². The molecule has 1 heterocycles. The second-order valence-corrected chi connectivity index (χ2v) is 6.66. The van der Waals surface area contributed by atoms with Crippen LogP contribution in [0.1, 0.15) is 12.5 Å². The Labute approximate surface area is 129 Å². The standard InChI is InChI=1S/C18H17NOS/c1-3-13-19-16-12-8-7-11-15(16)18(2,17(19)20)21-14-9-5-4-6-10-14/h3-12H,1,13H2,2H3. The second-order valence-electron chi connectivity index (χ2n) is 5.17. The number of para-hydroxylation sites is 1. The van der Waals surface area contributed by atoms with Gasteiger partial charge in [0.25, 0.3) is 0 Å². The van der Waals surface area contributed by atoms with Crippen LogP contribution in [-0.4, -0.2) is 12.5 Å². The third kappa shape index (κ3) is 2.28. The summed E-state index contributed by atoms with van der Waals surface area (Å²) in [6.45, 7) is 6.31. The lowest BCUT2D eigenvalue weighted by Crippen LogP contribution is -2.36. The molecule has 0 spiro atoms. The molecule has 0 saturated heterocycles. The first-order chi connectivity index (χ1) is 10.2. The Balaban J connectivity index is 2.05. The summed E-state index contributed by atoms with van der Waals surface area (Å²) in [6, 6.07) is 18.1. The molecule has 1 aliphatic rings. The number of fused-ring (bicyclic) bond motifs is 1. The summed E-state index contributed by atoms with van der Waals surface area (Å²) in [5, 5.41) is 0. The summed E-state index contributed by atoms with van der Waals surface area (Å²) < 4.78 is -0.582. The van der Waals surface area contributed by atoms with Crippen LogP contribution in [-0.2, 0) is 9.54 Å². The topological polar surface area (TPSA) is 20.3 Å². The van der Waals surface area contributed by atoms with Crippen LogP contribution in [0.5, 0.6) is 0 Å². The molecule has 0 aliphatic carbocycles. The van der Waals surface area contributed by atoms with Gasteiger partial charge in [0.1, 0.15) is 4.75 Å². The van der Waals surface area contributed by atoms with E-state index in [2.05, 4.69) is 6.58 Å². The van der Waals surface area contributed by atoms with Gasteiger partial charge in [0.05, 0.1) is 0 Å². The Kier molecular flexibility index (Phi) is 3.60. The molecule has 2 aromatic rings. The predicted molar refractivity (Wildman–Crippen MR) is 88.6 cm³/mol. The van der Waals surface area contributed by atoms with Crippen LogP contribution in [0.3, 0.4) is 0 Å². The van der Waals surface area contributed by atoms with Gasteiger partial charge in [-0.2, -0.15) is 0 Å². The molecular formula is C18H17NOS. The van der Waals surface area contributed by atoms with Crippen LogP contribution in [0.25, 0.3) is 0 Å². The van der Waals surface area contributed by atoms with E-state index in [-0.39, 0.29) is 5.91 Å². The van der Waals surface area contributed by atoms with Crippen LogP contribution in [0.4, 0.5) is 5.69 Å². The van der Waals surface area contributed by atoms with Crippen molar-refractivity contribution in [2.75, 3.05) is 11.4 Å². The van der Waals surface area contributed by atoms with Crippen molar-refractivity contribution >= 4 is 23.4 Å². The Hall–Kier alpha value is -2.00. The van der Waals surface area contributed by atoms with Crippen molar-refractivity contribution in [1.82, 2.24) is 0 Å². The summed E-state index contributed by atoms with van der Waals surface area (Å²) in [5.74, 6) is 0.123. The summed E-state index contributed by atoms with van der Waals surface area (Å²) in [7, 11) is 0. The van der Waals surface area contributed by atoms with Gasteiger partial charge >= 0.3 is 0 Å². The number of carbonyl (C=O) groups excluding carboxylic acids is 1. The average molecular weight is 295 g/mol. The van der Waals surface area contributed by atoms with Gasteiger partial charge in [0.15, 0.2) is 0 Å². The molecule has 1 amide bonds. The quantitative estimate of drug-likeness (QED) is 0.787. The van der Waals surface area contributed by atoms with Crippen LogP contribution in [0.15, 0.2) is 72.1 Å². The monoisotopic (exact) mass is 295 g/mol. The van der Waals surface area contributed by atoms with Gasteiger partial charge in [-0.3, -0.25) is 4.79 Å². The van der Waals surface area contributed by atoms with E-state index in [1.807, 2.05) is 66.4 Å². The largest absolute Gasteiger partial charge is 0.307 e. The molecular weight excluding hydrogens is 278 g/mol. The average Bonchev–Trinajstić information content (AvgIpc) is 2.71. The summed E-state index contributed by atoms with van der Waals surface area (Å²) >= 11 is 1.61. The molecule has 106 valence electrons. The molecule has 2 aromatic carbocycles. The van der Waals surface area contributed by atoms with Gasteiger partial charge < -0.3 is 4.90 Å². The first-order valence-electron chi connectivity index (χ1n) is 6.93. The van der Waals surface area contributed by atoms with Crippen molar-refractivity contribution in [3.05, 3.63) is 72.8 Å². The van der Waals surface area contributed by atoms with Gasteiger partial charge in [0.2, 0.25) is 5.91 Å². The zero-order chi connectivity index (χ0) is 14.9. The van der Waals surface area contributed by atoms with Gasteiger partial charge in [-0.15, -0.1) is 18.3 Å². The highest BCUT2D eigenvalue weighted by molar-refractivity contribution is 8.01. The number of hydrogen-bond donors (Lipinski definition) is 0. The minimum absolute atomic E-state index is 0.123. The Morgan fingerprint density at radius 3 is 2.52 bits per heavy atom. The maximum Gasteiger partial charge on any atom is 0.248 e. The number of rotatable bonds is 4. The molecule has 1 atom stereocenters. The minimum atomic E-state index is -0.582. The molecule has 21 heavy (non-hydrogen) atoms. The number of nitrogens with zero attached hydrogens (tertiary/aromatic N) is 1.